The molecule has 0 aliphatic rings. The minimum Gasteiger partial charge on any atom is -0.203 e. The van der Waals surface area contributed by atoms with Crippen molar-refractivity contribution in [3.8, 4) is 0 Å². The van der Waals surface area contributed by atoms with Crippen molar-refractivity contribution in [2.75, 3.05) is 0 Å². The van der Waals surface area contributed by atoms with E-state index in [0.29, 0.717) is 0 Å². The highest BCUT2D eigenvalue weighted by Gasteiger charge is 2.42. The van der Waals surface area contributed by atoms with E-state index in [-0.39, 0.29) is 0 Å². The average molecular weight is 449 g/mol. The Morgan fingerprint density at radius 2 is 1.12 bits per heavy atom. The second kappa shape index (κ2) is 7.86. The first-order valence-electron chi connectivity index (χ1n) is 10.7. The van der Waals surface area contributed by atoms with Crippen LogP contribution in [0.3, 0.4) is 0 Å². The van der Waals surface area contributed by atoms with Crippen molar-refractivity contribution in [3.63, 3.8) is 0 Å². The van der Waals surface area contributed by atoms with Crippen LogP contribution in [0, 0.1) is 6.92 Å². The first-order valence-corrected chi connectivity index (χ1v) is 11.5. The van der Waals surface area contributed by atoms with Gasteiger partial charge in [0.2, 0.25) is 4.99 Å². The molecule has 0 amide bonds. The SMILES string of the molecule is Cc1ccc(C(Sc2ccccc2)(n2nnc3ccccc32)n2nnc3ccccc32)cc1. The second-order valence-electron chi connectivity index (χ2n) is 7.87. The number of hydrogen-bond donors (Lipinski definition) is 0. The summed E-state index contributed by atoms with van der Waals surface area (Å²) in [5.74, 6) is 0. The molecule has 6 aromatic rings. The fraction of sp³-hybridized carbons (Fsp3) is 0.0769. The number of hydrogen-bond acceptors (Lipinski definition) is 5. The van der Waals surface area contributed by atoms with Gasteiger partial charge in [-0.1, -0.05) is 94.5 Å². The van der Waals surface area contributed by atoms with Gasteiger partial charge in [0.15, 0.2) is 0 Å². The lowest BCUT2D eigenvalue weighted by molar-refractivity contribution is 0.375. The number of fused-ring (bicyclic) bond motifs is 2. The van der Waals surface area contributed by atoms with Gasteiger partial charge in [-0.25, -0.2) is 9.36 Å². The van der Waals surface area contributed by atoms with Crippen molar-refractivity contribution < 1.29 is 0 Å². The summed E-state index contributed by atoms with van der Waals surface area (Å²) in [5.41, 5.74) is 5.69. The lowest BCUT2D eigenvalue weighted by atomic mass is 10.1. The summed E-state index contributed by atoms with van der Waals surface area (Å²) >= 11 is 1.66. The molecule has 0 unspecified atom stereocenters. The van der Waals surface area contributed by atoms with Gasteiger partial charge in [-0.15, -0.1) is 10.2 Å². The molecular formula is C26H20N6S. The van der Waals surface area contributed by atoms with E-state index in [1.807, 2.05) is 76.1 Å². The Balaban J connectivity index is 1.75. The van der Waals surface area contributed by atoms with Crippen LogP contribution in [0.2, 0.25) is 0 Å². The van der Waals surface area contributed by atoms with Crippen molar-refractivity contribution in [1.29, 1.82) is 0 Å². The molecule has 0 saturated heterocycles. The summed E-state index contributed by atoms with van der Waals surface area (Å²) in [6.07, 6.45) is 0. The molecule has 33 heavy (non-hydrogen) atoms. The quantitative estimate of drug-likeness (QED) is 0.327. The molecule has 0 bridgehead atoms. The van der Waals surface area contributed by atoms with Gasteiger partial charge in [-0.05, 0) is 43.3 Å². The molecule has 0 saturated carbocycles. The summed E-state index contributed by atoms with van der Waals surface area (Å²) in [5, 5.41) is 18.4. The maximum absolute atomic E-state index is 4.68. The Labute approximate surface area is 194 Å². The van der Waals surface area contributed by atoms with E-state index < -0.39 is 4.99 Å². The van der Waals surface area contributed by atoms with Gasteiger partial charge in [-0.3, -0.25) is 0 Å². The molecular weight excluding hydrogens is 428 g/mol. The van der Waals surface area contributed by atoms with Crippen molar-refractivity contribution in [1.82, 2.24) is 30.0 Å². The van der Waals surface area contributed by atoms with E-state index in [1.165, 1.54) is 5.56 Å². The zero-order valence-corrected chi connectivity index (χ0v) is 18.7. The summed E-state index contributed by atoms with van der Waals surface area (Å²) in [7, 11) is 0. The topological polar surface area (TPSA) is 61.4 Å². The monoisotopic (exact) mass is 448 g/mol. The number of benzene rings is 4. The molecule has 2 aromatic heterocycles. The van der Waals surface area contributed by atoms with E-state index in [9.17, 15) is 0 Å². The van der Waals surface area contributed by atoms with Crippen molar-refractivity contribution >= 4 is 33.8 Å². The summed E-state index contributed by atoms with van der Waals surface area (Å²) in [6, 6.07) is 34.8. The van der Waals surface area contributed by atoms with Gasteiger partial charge >= 0.3 is 0 Å². The van der Waals surface area contributed by atoms with E-state index in [0.717, 1.165) is 32.5 Å². The fourth-order valence-electron chi connectivity index (χ4n) is 4.09. The minimum atomic E-state index is -0.902. The zero-order chi connectivity index (χ0) is 22.3. The maximum atomic E-state index is 4.68. The van der Waals surface area contributed by atoms with Gasteiger partial charge in [-0.2, -0.15) is 0 Å². The molecule has 0 radical (unpaired) electrons. The maximum Gasteiger partial charge on any atom is 0.235 e. The molecule has 0 atom stereocenters. The Kier molecular flexibility index (Phi) is 4.69. The highest BCUT2D eigenvalue weighted by atomic mass is 32.2. The molecule has 2 heterocycles. The van der Waals surface area contributed by atoms with Crippen LogP contribution < -0.4 is 0 Å². The van der Waals surface area contributed by atoms with Gasteiger partial charge in [0.05, 0.1) is 11.0 Å². The molecule has 6 rings (SSSR count). The molecule has 0 fully saturated rings. The third kappa shape index (κ3) is 3.20. The smallest absolute Gasteiger partial charge is 0.203 e. The van der Waals surface area contributed by atoms with Crippen molar-refractivity contribution in [2.45, 2.75) is 16.8 Å². The standard InChI is InChI=1S/C26H20N6S/c1-19-15-17-20(18-16-19)26(33-21-9-3-2-4-10-21,31-24-13-7-5-11-22(24)27-29-31)32-25-14-8-6-12-23(25)28-30-32/h2-18H,1H3. The van der Waals surface area contributed by atoms with Crippen LogP contribution >= 0.6 is 11.8 Å². The lowest BCUT2D eigenvalue weighted by Gasteiger charge is -2.34. The molecule has 4 aromatic carbocycles. The first-order chi connectivity index (χ1) is 16.3. The van der Waals surface area contributed by atoms with E-state index >= 15 is 0 Å². The van der Waals surface area contributed by atoms with Crippen LogP contribution in [0.1, 0.15) is 11.1 Å². The molecule has 6 nitrogen and oxygen atoms in total. The Morgan fingerprint density at radius 3 is 1.70 bits per heavy atom. The zero-order valence-electron chi connectivity index (χ0n) is 17.9. The van der Waals surface area contributed by atoms with Gasteiger partial charge < -0.3 is 0 Å². The predicted molar refractivity (Wildman–Crippen MR) is 131 cm³/mol. The number of para-hydroxylation sites is 2. The van der Waals surface area contributed by atoms with Crippen LogP contribution in [0.4, 0.5) is 0 Å². The molecule has 0 N–H and O–H groups in total. The second-order valence-corrected chi connectivity index (χ2v) is 9.11. The normalized spacial score (nSPS) is 11.9. The fourth-order valence-corrected chi connectivity index (χ4v) is 5.41. The molecule has 0 aliphatic heterocycles. The molecule has 0 spiro atoms. The van der Waals surface area contributed by atoms with Crippen LogP contribution in [-0.2, 0) is 4.99 Å². The third-order valence-electron chi connectivity index (χ3n) is 5.71. The van der Waals surface area contributed by atoms with Crippen LogP contribution in [0.25, 0.3) is 22.1 Å². The molecule has 7 heteroatoms. The summed E-state index contributed by atoms with van der Waals surface area (Å²) in [4.78, 5) is 0.179. The Hall–Kier alpha value is -3.97. The van der Waals surface area contributed by atoms with Gasteiger partial charge in [0.1, 0.15) is 11.0 Å². The molecule has 160 valence electrons. The number of aromatic nitrogens is 6. The molecule has 0 aliphatic carbocycles. The van der Waals surface area contributed by atoms with Crippen LogP contribution in [-0.4, -0.2) is 30.0 Å². The van der Waals surface area contributed by atoms with Gasteiger partial charge in [0, 0.05) is 10.5 Å². The van der Waals surface area contributed by atoms with Crippen molar-refractivity contribution in [3.05, 3.63) is 114 Å². The van der Waals surface area contributed by atoms with E-state index in [4.69, 9.17) is 0 Å². The highest BCUT2D eigenvalue weighted by molar-refractivity contribution is 8.00. The Bertz CT molecular complexity index is 1480. The Morgan fingerprint density at radius 1 is 0.606 bits per heavy atom. The average Bonchev–Trinajstić information content (AvgIpc) is 3.49. The largest absolute Gasteiger partial charge is 0.235 e. The summed E-state index contributed by atoms with van der Waals surface area (Å²) in [6.45, 7) is 2.09. The number of rotatable bonds is 5. The van der Waals surface area contributed by atoms with Crippen LogP contribution in [0.5, 0.6) is 0 Å². The van der Waals surface area contributed by atoms with E-state index in [2.05, 4.69) is 63.9 Å². The van der Waals surface area contributed by atoms with Crippen molar-refractivity contribution in [2.24, 2.45) is 0 Å². The number of aryl methyl sites for hydroxylation is 1. The highest BCUT2D eigenvalue weighted by Crippen LogP contribution is 2.45. The first kappa shape index (κ1) is 19.7. The lowest BCUT2D eigenvalue weighted by Crippen LogP contribution is -2.41. The number of nitrogens with zero attached hydrogens (tertiary/aromatic N) is 6. The van der Waals surface area contributed by atoms with Gasteiger partial charge in [0.25, 0.3) is 0 Å². The number of thioether (sulfide) groups is 1. The van der Waals surface area contributed by atoms with E-state index in [1.54, 1.807) is 11.8 Å². The van der Waals surface area contributed by atoms with Crippen LogP contribution in [0.15, 0.2) is 108 Å². The minimum absolute atomic E-state index is 0.826. The summed E-state index contributed by atoms with van der Waals surface area (Å²) < 4.78 is 3.93. The predicted octanol–water partition coefficient (Wildman–Crippen LogP) is 5.48. The third-order valence-corrected chi connectivity index (χ3v) is 7.08.